The fourth-order valence-electron chi connectivity index (χ4n) is 2.63. The minimum Gasteiger partial charge on any atom is -0.483 e. The zero-order valence-corrected chi connectivity index (χ0v) is 16.3. The second-order valence-electron chi connectivity index (χ2n) is 6.58. The van der Waals surface area contributed by atoms with Crippen molar-refractivity contribution in [1.29, 1.82) is 0 Å². The minimum absolute atomic E-state index is 0.0882. The van der Waals surface area contributed by atoms with Crippen LogP contribution in [-0.4, -0.2) is 27.8 Å². The first-order valence-electron chi connectivity index (χ1n) is 8.64. The number of amides is 2. The number of hydrogen-bond acceptors (Lipinski definition) is 5. The van der Waals surface area contributed by atoms with E-state index < -0.39 is 5.91 Å². The molecule has 0 saturated heterocycles. The largest absolute Gasteiger partial charge is 0.483 e. The lowest BCUT2D eigenvalue weighted by atomic mass is 10.0. The molecule has 0 aliphatic carbocycles. The summed E-state index contributed by atoms with van der Waals surface area (Å²) in [5, 5.41) is 1.92. The van der Waals surface area contributed by atoms with E-state index in [1.807, 2.05) is 41.1 Å². The molecular weight excluding hydrogens is 364 g/mol. The average Bonchev–Trinajstić information content (AvgIpc) is 3.19. The van der Waals surface area contributed by atoms with Crippen molar-refractivity contribution in [3.63, 3.8) is 0 Å². The van der Waals surface area contributed by atoms with Crippen molar-refractivity contribution < 1.29 is 14.3 Å². The van der Waals surface area contributed by atoms with E-state index in [4.69, 9.17) is 4.74 Å². The molecule has 3 aromatic rings. The van der Waals surface area contributed by atoms with Crippen LogP contribution in [0.5, 0.6) is 5.75 Å². The number of nitrogens with one attached hydrogen (secondary N) is 2. The number of rotatable bonds is 6. The van der Waals surface area contributed by atoms with Crippen LogP contribution in [0, 0.1) is 6.92 Å². The number of hydrazine groups is 1. The first kappa shape index (κ1) is 18.9. The van der Waals surface area contributed by atoms with Crippen molar-refractivity contribution in [3.8, 4) is 5.75 Å². The summed E-state index contributed by atoms with van der Waals surface area (Å²) >= 11 is 1.50. The molecule has 0 aliphatic rings. The summed E-state index contributed by atoms with van der Waals surface area (Å²) in [5.74, 6) is 0.204. The maximum atomic E-state index is 12.0. The second-order valence-corrected chi connectivity index (χ2v) is 7.46. The highest BCUT2D eigenvalue weighted by Crippen LogP contribution is 2.27. The van der Waals surface area contributed by atoms with Gasteiger partial charge in [0.2, 0.25) is 5.91 Å². The lowest BCUT2D eigenvalue weighted by molar-refractivity contribution is -0.129. The zero-order valence-electron chi connectivity index (χ0n) is 15.5. The zero-order chi connectivity index (χ0) is 19.4. The topological polar surface area (TPSA) is 84.7 Å². The number of ether oxygens (including phenoxy) is 1. The van der Waals surface area contributed by atoms with Crippen molar-refractivity contribution in [1.82, 2.24) is 20.2 Å². The number of fused-ring (bicyclic) bond motifs is 1. The molecule has 8 heteroatoms. The molecule has 0 atom stereocenters. The third kappa shape index (κ3) is 4.85. The van der Waals surface area contributed by atoms with E-state index >= 15 is 0 Å². The van der Waals surface area contributed by atoms with Crippen molar-refractivity contribution in [2.75, 3.05) is 6.61 Å². The fourth-order valence-corrected chi connectivity index (χ4v) is 3.35. The molecule has 0 fully saturated rings. The third-order valence-corrected chi connectivity index (χ3v) is 4.75. The van der Waals surface area contributed by atoms with Gasteiger partial charge >= 0.3 is 0 Å². The van der Waals surface area contributed by atoms with Crippen molar-refractivity contribution in [2.45, 2.75) is 33.1 Å². The highest BCUT2D eigenvalue weighted by molar-refractivity contribution is 7.15. The van der Waals surface area contributed by atoms with Gasteiger partial charge in [0.05, 0.1) is 12.1 Å². The molecular formula is C19H22N4O3S. The number of aromatic nitrogens is 2. The predicted molar refractivity (Wildman–Crippen MR) is 104 cm³/mol. The summed E-state index contributed by atoms with van der Waals surface area (Å²) in [6.07, 6.45) is 3.76. The van der Waals surface area contributed by atoms with Gasteiger partial charge in [0.25, 0.3) is 5.91 Å². The predicted octanol–water partition coefficient (Wildman–Crippen LogP) is 2.60. The third-order valence-electron chi connectivity index (χ3n) is 3.98. The standard InChI is InChI=1S/C19H22N4O3S/c1-12(2)15-5-4-13(3)8-16(15)26-11-18(25)22-21-17(24)9-14-10-23-6-7-27-19(23)20-14/h4-8,10,12H,9,11H2,1-3H3,(H,21,24)(H,22,25). The van der Waals surface area contributed by atoms with Gasteiger partial charge in [0.1, 0.15) is 5.75 Å². The van der Waals surface area contributed by atoms with Gasteiger partial charge in [-0.25, -0.2) is 4.98 Å². The van der Waals surface area contributed by atoms with Crippen LogP contribution in [0.3, 0.4) is 0 Å². The molecule has 0 unspecified atom stereocenters. The first-order chi connectivity index (χ1) is 12.9. The molecule has 142 valence electrons. The van der Waals surface area contributed by atoms with E-state index in [0.29, 0.717) is 11.4 Å². The van der Waals surface area contributed by atoms with Crippen LogP contribution in [0.25, 0.3) is 4.96 Å². The van der Waals surface area contributed by atoms with Gasteiger partial charge in [-0.1, -0.05) is 26.0 Å². The molecule has 2 amide bonds. The Hall–Kier alpha value is -2.87. The van der Waals surface area contributed by atoms with Gasteiger partial charge in [0, 0.05) is 17.8 Å². The molecule has 0 radical (unpaired) electrons. The number of aryl methyl sites for hydroxylation is 1. The molecule has 2 aromatic heterocycles. The van der Waals surface area contributed by atoms with Gasteiger partial charge < -0.3 is 4.74 Å². The summed E-state index contributed by atoms with van der Waals surface area (Å²) in [4.78, 5) is 29.1. The second kappa shape index (κ2) is 8.22. The summed E-state index contributed by atoms with van der Waals surface area (Å²) in [6.45, 7) is 5.93. The van der Waals surface area contributed by atoms with Gasteiger partial charge in [-0.2, -0.15) is 0 Å². The maximum absolute atomic E-state index is 12.0. The average molecular weight is 386 g/mol. The minimum atomic E-state index is -0.426. The van der Waals surface area contributed by atoms with E-state index in [1.165, 1.54) is 11.3 Å². The lowest BCUT2D eigenvalue weighted by Gasteiger charge is -2.15. The molecule has 0 aliphatic heterocycles. The van der Waals surface area contributed by atoms with E-state index in [2.05, 4.69) is 29.7 Å². The summed E-state index contributed by atoms with van der Waals surface area (Å²) in [6, 6.07) is 5.93. The molecule has 27 heavy (non-hydrogen) atoms. The van der Waals surface area contributed by atoms with E-state index in [-0.39, 0.29) is 24.9 Å². The highest BCUT2D eigenvalue weighted by atomic mass is 32.1. The molecule has 7 nitrogen and oxygen atoms in total. The molecule has 0 bridgehead atoms. The van der Waals surface area contributed by atoms with E-state index in [0.717, 1.165) is 16.1 Å². The molecule has 0 saturated carbocycles. The molecule has 3 rings (SSSR count). The Labute approximate surface area is 161 Å². The number of carbonyl (C=O) groups excluding carboxylic acids is 2. The number of nitrogens with zero attached hydrogens (tertiary/aromatic N) is 2. The van der Waals surface area contributed by atoms with E-state index in [9.17, 15) is 9.59 Å². The number of imidazole rings is 1. The molecule has 2 N–H and O–H groups in total. The highest BCUT2D eigenvalue weighted by Gasteiger charge is 2.12. The van der Waals surface area contributed by atoms with E-state index in [1.54, 1.807) is 6.20 Å². The first-order valence-corrected chi connectivity index (χ1v) is 9.52. The molecule has 2 heterocycles. The smallest absolute Gasteiger partial charge is 0.276 e. The van der Waals surface area contributed by atoms with Crippen LogP contribution in [-0.2, 0) is 16.0 Å². The quantitative estimate of drug-likeness (QED) is 0.638. The van der Waals surface area contributed by atoms with Crippen molar-refractivity contribution in [3.05, 3.63) is 52.8 Å². The van der Waals surface area contributed by atoms with Gasteiger partial charge in [-0.3, -0.25) is 24.8 Å². The van der Waals surface area contributed by atoms with Crippen LogP contribution in [0.2, 0.25) is 0 Å². The Kier molecular flexibility index (Phi) is 5.75. The Morgan fingerprint density at radius 2 is 2.04 bits per heavy atom. The van der Waals surface area contributed by atoms with Gasteiger partial charge in [-0.05, 0) is 30.0 Å². The number of hydrogen-bond donors (Lipinski definition) is 2. The summed E-state index contributed by atoms with van der Waals surface area (Å²) in [7, 11) is 0. The van der Waals surface area contributed by atoms with Crippen LogP contribution in [0.1, 0.15) is 36.6 Å². The van der Waals surface area contributed by atoms with Crippen molar-refractivity contribution >= 4 is 28.1 Å². The van der Waals surface area contributed by atoms with Crippen molar-refractivity contribution in [2.24, 2.45) is 0 Å². The normalized spacial score (nSPS) is 11.0. The number of thiazole rings is 1. The summed E-state index contributed by atoms with van der Waals surface area (Å²) in [5.41, 5.74) is 7.50. The Bertz CT molecular complexity index is 932. The summed E-state index contributed by atoms with van der Waals surface area (Å²) < 4.78 is 7.50. The van der Waals surface area contributed by atoms with Crippen LogP contribution in [0.4, 0.5) is 0 Å². The number of benzene rings is 1. The fraction of sp³-hybridized carbons (Fsp3) is 0.316. The monoisotopic (exact) mass is 386 g/mol. The van der Waals surface area contributed by atoms with Gasteiger partial charge in [0.15, 0.2) is 11.6 Å². The Morgan fingerprint density at radius 1 is 1.26 bits per heavy atom. The Balaban J connectivity index is 1.47. The Morgan fingerprint density at radius 3 is 2.78 bits per heavy atom. The van der Waals surface area contributed by atoms with Gasteiger partial charge in [-0.15, -0.1) is 11.3 Å². The molecule has 0 spiro atoms. The maximum Gasteiger partial charge on any atom is 0.276 e. The van der Waals surface area contributed by atoms with Crippen LogP contribution >= 0.6 is 11.3 Å². The van der Waals surface area contributed by atoms with Crippen LogP contribution < -0.4 is 15.6 Å². The SMILES string of the molecule is Cc1ccc(C(C)C)c(OCC(=O)NNC(=O)Cc2cn3ccsc3n2)c1. The lowest BCUT2D eigenvalue weighted by Crippen LogP contribution is -2.44. The van der Waals surface area contributed by atoms with Crippen LogP contribution in [0.15, 0.2) is 36.0 Å². The number of carbonyl (C=O) groups is 2. The molecule has 1 aromatic carbocycles.